The van der Waals surface area contributed by atoms with Gasteiger partial charge in [0.15, 0.2) is 0 Å². The number of aliphatic carboxylic acids is 2. The third-order valence-electron chi connectivity index (χ3n) is 3.42. The quantitative estimate of drug-likeness (QED) is 0.510. The largest absolute Gasteiger partial charge is 0.481 e. The third kappa shape index (κ3) is 5.43. The number of nitrogens with zero attached hydrogens (tertiary/aromatic N) is 1. The lowest BCUT2D eigenvalue weighted by Gasteiger charge is -2.20. The van der Waals surface area contributed by atoms with Crippen molar-refractivity contribution in [2.45, 2.75) is 37.8 Å². The molecular weight excluding hydrogens is 266 g/mol. The van der Waals surface area contributed by atoms with Crippen LogP contribution in [0.5, 0.6) is 0 Å². The van der Waals surface area contributed by atoms with Gasteiger partial charge in [0, 0.05) is 19.0 Å². The van der Waals surface area contributed by atoms with Gasteiger partial charge in [-0.05, 0) is 32.9 Å². The van der Waals surface area contributed by atoms with Crippen molar-refractivity contribution in [2.75, 3.05) is 20.1 Å². The molecule has 1 heterocycles. The lowest BCUT2D eigenvalue weighted by Crippen LogP contribution is -2.48. The van der Waals surface area contributed by atoms with Crippen molar-refractivity contribution >= 4 is 18.0 Å². The zero-order chi connectivity index (χ0) is 15.1. The van der Waals surface area contributed by atoms with E-state index < -0.39 is 24.0 Å². The Morgan fingerprint density at radius 1 is 1.35 bits per heavy atom. The Kier molecular flexibility index (Phi) is 6.23. The smallest absolute Gasteiger partial charge is 0.326 e. The molecule has 1 unspecified atom stereocenters. The van der Waals surface area contributed by atoms with E-state index in [1.165, 1.54) is 0 Å². The first-order valence-electron chi connectivity index (χ1n) is 6.59. The SMILES string of the molecule is CN1CCCC1CNC(=O)N[C@@H](CCC(=O)O)C(=O)O. The van der Waals surface area contributed by atoms with Crippen LogP contribution in [-0.2, 0) is 9.59 Å². The predicted molar refractivity (Wildman–Crippen MR) is 70.5 cm³/mol. The van der Waals surface area contributed by atoms with Gasteiger partial charge in [-0.2, -0.15) is 0 Å². The number of hydrogen-bond donors (Lipinski definition) is 4. The molecule has 8 nitrogen and oxygen atoms in total. The van der Waals surface area contributed by atoms with E-state index in [1.807, 2.05) is 7.05 Å². The van der Waals surface area contributed by atoms with Crippen molar-refractivity contribution in [1.82, 2.24) is 15.5 Å². The molecule has 2 amide bonds. The summed E-state index contributed by atoms with van der Waals surface area (Å²) in [6, 6.07) is -1.50. The summed E-state index contributed by atoms with van der Waals surface area (Å²) in [6.45, 7) is 1.44. The summed E-state index contributed by atoms with van der Waals surface area (Å²) >= 11 is 0. The highest BCUT2D eigenvalue weighted by molar-refractivity contribution is 5.83. The van der Waals surface area contributed by atoms with Crippen LogP contribution in [0.15, 0.2) is 0 Å². The summed E-state index contributed by atoms with van der Waals surface area (Å²) in [5, 5.41) is 22.3. The second kappa shape index (κ2) is 7.68. The van der Waals surface area contributed by atoms with Crippen LogP contribution < -0.4 is 10.6 Å². The monoisotopic (exact) mass is 287 g/mol. The fourth-order valence-corrected chi connectivity index (χ4v) is 2.18. The van der Waals surface area contributed by atoms with Crippen LogP contribution >= 0.6 is 0 Å². The maximum Gasteiger partial charge on any atom is 0.326 e. The maximum atomic E-state index is 11.6. The standard InChI is InChI=1S/C12H21N3O5/c1-15-6-2-3-8(15)7-13-12(20)14-9(11(18)19)4-5-10(16)17/h8-9H,2-7H2,1H3,(H,16,17)(H,18,19)(H2,13,14,20)/t8?,9-/m0/s1. The molecule has 1 aliphatic rings. The van der Waals surface area contributed by atoms with E-state index in [-0.39, 0.29) is 18.9 Å². The van der Waals surface area contributed by atoms with Crippen molar-refractivity contribution in [1.29, 1.82) is 0 Å². The first-order valence-corrected chi connectivity index (χ1v) is 6.59. The molecule has 114 valence electrons. The molecular formula is C12H21N3O5. The molecule has 0 spiro atoms. The normalized spacial score (nSPS) is 20.4. The number of likely N-dealkylation sites (N-methyl/N-ethyl adjacent to an activating group) is 1. The predicted octanol–water partition coefficient (Wildman–Crippen LogP) is -0.302. The molecule has 8 heteroatoms. The summed E-state index contributed by atoms with van der Waals surface area (Å²) in [5.41, 5.74) is 0. The second-order valence-corrected chi connectivity index (χ2v) is 4.95. The molecule has 1 fully saturated rings. The molecule has 1 rings (SSSR count). The van der Waals surface area contributed by atoms with Crippen molar-refractivity contribution in [3.63, 3.8) is 0 Å². The number of hydrogen-bond acceptors (Lipinski definition) is 4. The van der Waals surface area contributed by atoms with Crippen LogP contribution in [0.4, 0.5) is 4.79 Å². The van der Waals surface area contributed by atoms with Crippen LogP contribution in [-0.4, -0.2) is 65.3 Å². The Morgan fingerprint density at radius 2 is 2.05 bits per heavy atom. The highest BCUT2D eigenvalue weighted by Crippen LogP contribution is 2.13. The first-order chi connectivity index (χ1) is 9.40. The molecule has 1 aliphatic heterocycles. The molecule has 0 radical (unpaired) electrons. The number of carbonyl (C=O) groups excluding carboxylic acids is 1. The molecule has 0 bridgehead atoms. The first kappa shape index (κ1) is 16.2. The van der Waals surface area contributed by atoms with Gasteiger partial charge in [-0.1, -0.05) is 0 Å². The number of urea groups is 1. The van der Waals surface area contributed by atoms with E-state index in [0.717, 1.165) is 19.4 Å². The van der Waals surface area contributed by atoms with E-state index in [4.69, 9.17) is 10.2 Å². The number of nitrogens with one attached hydrogen (secondary N) is 2. The summed E-state index contributed by atoms with van der Waals surface area (Å²) in [7, 11) is 1.98. The van der Waals surface area contributed by atoms with Crippen LogP contribution in [0.25, 0.3) is 0 Å². The lowest BCUT2D eigenvalue weighted by atomic mass is 10.1. The lowest BCUT2D eigenvalue weighted by molar-refractivity contribution is -0.140. The second-order valence-electron chi connectivity index (χ2n) is 4.95. The Labute approximate surface area is 117 Å². The van der Waals surface area contributed by atoms with Crippen molar-refractivity contribution in [3.8, 4) is 0 Å². The zero-order valence-corrected chi connectivity index (χ0v) is 11.5. The minimum atomic E-state index is -1.24. The van der Waals surface area contributed by atoms with Crippen LogP contribution in [0.1, 0.15) is 25.7 Å². The Hall–Kier alpha value is -1.83. The summed E-state index contributed by atoms with van der Waals surface area (Å²) in [4.78, 5) is 35.1. The van der Waals surface area contributed by atoms with E-state index in [1.54, 1.807) is 0 Å². The maximum absolute atomic E-state index is 11.6. The zero-order valence-electron chi connectivity index (χ0n) is 11.5. The van der Waals surface area contributed by atoms with E-state index >= 15 is 0 Å². The van der Waals surface area contributed by atoms with Gasteiger partial charge in [0.1, 0.15) is 6.04 Å². The topological polar surface area (TPSA) is 119 Å². The molecule has 0 aromatic heterocycles. The molecule has 0 aromatic carbocycles. The van der Waals surface area contributed by atoms with Crippen LogP contribution in [0, 0.1) is 0 Å². The number of carboxylic acid groups (broad SMARTS) is 2. The molecule has 0 aliphatic carbocycles. The molecule has 4 N–H and O–H groups in total. The fraction of sp³-hybridized carbons (Fsp3) is 0.750. The van der Waals surface area contributed by atoms with Gasteiger partial charge in [0.05, 0.1) is 0 Å². The van der Waals surface area contributed by atoms with Gasteiger partial charge in [0.25, 0.3) is 0 Å². The molecule has 0 aromatic rings. The Balaban J connectivity index is 2.33. The Morgan fingerprint density at radius 3 is 2.55 bits per heavy atom. The number of carbonyl (C=O) groups is 3. The average molecular weight is 287 g/mol. The number of carboxylic acids is 2. The van der Waals surface area contributed by atoms with Gasteiger partial charge < -0.3 is 25.7 Å². The third-order valence-corrected chi connectivity index (χ3v) is 3.42. The van der Waals surface area contributed by atoms with Crippen LogP contribution in [0.2, 0.25) is 0 Å². The van der Waals surface area contributed by atoms with Crippen molar-refractivity contribution in [2.24, 2.45) is 0 Å². The molecule has 1 saturated heterocycles. The molecule has 2 atom stereocenters. The minimum Gasteiger partial charge on any atom is -0.481 e. The minimum absolute atomic E-state index is 0.137. The van der Waals surface area contributed by atoms with Crippen LogP contribution in [0.3, 0.4) is 0 Å². The van der Waals surface area contributed by atoms with Crippen molar-refractivity contribution < 1.29 is 24.6 Å². The van der Waals surface area contributed by atoms with Gasteiger partial charge in [0.2, 0.25) is 0 Å². The van der Waals surface area contributed by atoms with Gasteiger partial charge in [-0.25, -0.2) is 9.59 Å². The molecule has 20 heavy (non-hydrogen) atoms. The van der Waals surface area contributed by atoms with Gasteiger partial charge >= 0.3 is 18.0 Å². The van der Waals surface area contributed by atoms with E-state index in [9.17, 15) is 14.4 Å². The summed E-state index contributed by atoms with van der Waals surface area (Å²) < 4.78 is 0. The number of likely N-dealkylation sites (tertiary alicyclic amines) is 1. The number of rotatable bonds is 7. The van der Waals surface area contributed by atoms with E-state index in [0.29, 0.717) is 6.54 Å². The fourth-order valence-electron chi connectivity index (χ4n) is 2.18. The van der Waals surface area contributed by atoms with E-state index in [2.05, 4.69) is 15.5 Å². The Bertz CT molecular complexity index is 374. The number of amides is 2. The highest BCUT2D eigenvalue weighted by atomic mass is 16.4. The summed E-state index contributed by atoms with van der Waals surface area (Å²) in [5.74, 6) is -2.33. The van der Waals surface area contributed by atoms with Gasteiger partial charge in [-0.3, -0.25) is 4.79 Å². The molecule has 0 saturated carbocycles. The average Bonchev–Trinajstić information content (AvgIpc) is 2.77. The summed E-state index contributed by atoms with van der Waals surface area (Å²) in [6.07, 6.45) is 1.64. The van der Waals surface area contributed by atoms with Crippen molar-refractivity contribution in [3.05, 3.63) is 0 Å². The highest BCUT2D eigenvalue weighted by Gasteiger charge is 2.23. The van der Waals surface area contributed by atoms with Gasteiger partial charge in [-0.15, -0.1) is 0 Å².